The minimum absolute atomic E-state index is 0.202. The molecule has 0 aliphatic carbocycles. The fourth-order valence-corrected chi connectivity index (χ4v) is 2.64. The first-order chi connectivity index (χ1) is 8.56. The number of carbonyl (C=O) groups is 2. The number of anilines is 1. The van der Waals surface area contributed by atoms with E-state index in [9.17, 15) is 14.0 Å². The molecular weight excluding hydrogens is 321 g/mol. The summed E-state index contributed by atoms with van der Waals surface area (Å²) in [6, 6.07) is 2.61. The minimum atomic E-state index is -0.566. The van der Waals surface area contributed by atoms with Crippen LogP contribution in [0, 0.1) is 5.82 Å². The van der Waals surface area contributed by atoms with Crippen LogP contribution in [0.4, 0.5) is 10.1 Å². The van der Waals surface area contributed by atoms with Gasteiger partial charge < -0.3 is 4.90 Å². The summed E-state index contributed by atoms with van der Waals surface area (Å²) in [6.45, 7) is 0.444. The van der Waals surface area contributed by atoms with Crippen LogP contribution in [0.3, 0.4) is 0 Å². The number of hydrogen-bond acceptors (Lipinski definition) is 3. The van der Waals surface area contributed by atoms with Crippen LogP contribution in [0.15, 0.2) is 16.6 Å². The Kier molecular flexibility index (Phi) is 4.07. The fraction of sp³-hybridized carbons (Fsp3) is 0.333. The zero-order valence-electron chi connectivity index (χ0n) is 9.70. The molecule has 6 heteroatoms. The number of ketones is 1. The number of rotatable bonds is 4. The SMILES string of the molecule is CSCCCN1C(=O)C(=O)c2cc(Br)c(F)cc21. The minimum Gasteiger partial charge on any atom is -0.305 e. The highest BCUT2D eigenvalue weighted by molar-refractivity contribution is 9.10. The lowest BCUT2D eigenvalue weighted by Gasteiger charge is -2.16. The number of amides is 1. The molecule has 0 atom stereocenters. The Morgan fingerprint density at radius 1 is 1.39 bits per heavy atom. The number of fused-ring (bicyclic) bond motifs is 1. The van der Waals surface area contributed by atoms with E-state index in [1.54, 1.807) is 11.8 Å². The zero-order valence-corrected chi connectivity index (χ0v) is 12.1. The topological polar surface area (TPSA) is 37.4 Å². The summed E-state index contributed by atoms with van der Waals surface area (Å²) in [4.78, 5) is 24.9. The van der Waals surface area contributed by atoms with E-state index < -0.39 is 17.5 Å². The molecule has 0 unspecified atom stereocenters. The molecule has 1 amide bonds. The third-order valence-corrected chi connectivity index (χ3v) is 4.05. The molecule has 2 rings (SSSR count). The monoisotopic (exact) mass is 331 g/mol. The van der Waals surface area contributed by atoms with E-state index in [0.29, 0.717) is 12.2 Å². The van der Waals surface area contributed by atoms with E-state index in [2.05, 4.69) is 15.9 Å². The van der Waals surface area contributed by atoms with Crippen molar-refractivity contribution >= 4 is 45.1 Å². The van der Waals surface area contributed by atoms with Gasteiger partial charge in [-0.05, 0) is 46.5 Å². The molecule has 1 aromatic carbocycles. The first-order valence-electron chi connectivity index (χ1n) is 5.40. The molecule has 0 N–H and O–H groups in total. The molecule has 1 aliphatic heterocycles. The number of benzene rings is 1. The van der Waals surface area contributed by atoms with Gasteiger partial charge in [-0.2, -0.15) is 11.8 Å². The highest BCUT2D eigenvalue weighted by Crippen LogP contribution is 2.33. The van der Waals surface area contributed by atoms with E-state index in [1.165, 1.54) is 17.0 Å². The van der Waals surface area contributed by atoms with E-state index in [1.807, 2.05) is 6.26 Å². The molecule has 1 aromatic rings. The maximum atomic E-state index is 13.5. The van der Waals surface area contributed by atoms with Crippen LogP contribution in [0.1, 0.15) is 16.8 Å². The summed E-state index contributed by atoms with van der Waals surface area (Å²) in [7, 11) is 0. The van der Waals surface area contributed by atoms with Crippen LogP contribution < -0.4 is 4.90 Å². The van der Waals surface area contributed by atoms with Crippen molar-refractivity contribution in [1.29, 1.82) is 0 Å². The van der Waals surface area contributed by atoms with Crippen molar-refractivity contribution in [3.05, 3.63) is 28.0 Å². The fourth-order valence-electron chi connectivity index (χ4n) is 1.88. The van der Waals surface area contributed by atoms with Gasteiger partial charge in [0.2, 0.25) is 0 Å². The largest absolute Gasteiger partial charge is 0.305 e. The lowest BCUT2D eigenvalue weighted by atomic mass is 10.1. The second-order valence-corrected chi connectivity index (χ2v) is 5.76. The van der Waals surface area contributed by atoms with Gasteiger partial charge in [0.1, 0.15) is 5.82 Å². The van der Waals surface area contributed by atoms with Crippen molar-refractivity contribution < 1.29 is 14.0 Å². The quantitative estimate of drug-likeness (QED) is 0.629. The van der Waals surface area contributed by atoms with E-state index >= 15 is 0 Å². The molecule has 0 saturated heterocycles. The maximum Gasteiger partial charge on any atom is 0.299 e. The molecule has 3 nitrogen and oxygen atoms in total. The number of nitrogens with zero attached hydrogens (tertiary/aromatic N) is 1. The van der Waals surface area contributed by atoms with Crippen molar-refractivity contribution in [3.8, 4) is 0 Å². The molecule has 0 radical (unpaired) electrons. The Balaban J connectivity index is 2.33. The molecule has 1 heterocycles. The highest BCUT2D eigenvalue weighted by atomic mass is 79.9. The Bertz CT molecular complexity index is 521. The van der Waals surface area contributed by atoms with Gasteiger partial charge in [-0.3, -0.25) is 9.59 Å². The lowest BCUT2D eigenvalue weighted by molar-refractivity contribution is -0.114. The maximum absolute atomic E-state index is 13.5. The third kappa shape index (κ3) is 2.31. The number of thioether (sulfide) groups is 1. The molecule has 0 spiro atoms. The van der Waals surface area contributed by atoms with Crippen molar-refractivity contribution in [3.63, 3.8) is 0 Å². The molecule has 0 aromatic heterocycles. The van der Waals surface area contributed by atoms with Gasteiger partial charge in [0.05, 0.1) is 15.7 Å². The van der Waals surface area contributed by atoms with Gasteiger partial charge in [0.15, 0.2) is 0 Å². The zero-order chi connectivity index (χ0) is 13.3. The van der Waals surface area contributed by atoms with Gasteiger partial charge in [-0.15, -0.1) is 0 Å². The Morgan fingerprint density at radius 3 is 2.78 bits per heavy atom. The molecule has 0 bridgehead atoms. The van der Waals surface area contributed by atoms with E-state index in [-0.39, 0.29) is 10.0 Å². The van der Waals surface area contributed by atoms with Crippen LogP contribution in [-0.4, -0.2) is 30.2 Å². The Morgan fingerprint density at radius 2 is 2.11 bits per heavy atom. The number of hydrogen-bond donors (Lipinski definition) is 0. The summed E-state index contributed by atoms with van der Waals surface area (Å²) in [5.74, 6) is -0.698. The first-order valence-corrected chi connectivity index (χ1v) is 7.59. The van der Waals surface area contributed by atoms with Crippen LogP contribution in [0.2, 0.25) is 0 Å². The predicted molar refractivity (Wildman–Crippen MR) is 73.8 cm³/mol. The second-order valence-electron chi connectivity index (χ2n) is 3.92. The van der Waals surface area contributed by atoms with Gasteiger partial charge >= 0.3 is 0 Å². The van der Waals surface area contributed by atoms with Crippen LogP contribution in [0.5, 0.6) is 0 Å². The lowest BCUT2D eigenvalue weighted by Crippen LogP contribution is -2.30. The van der Waals surface area contributed by atoms with E-state index in [4.69, 9.17) is 0 Å². The number of Topliss-reactive ketones (excluding diaryl/α,β-unsaturated/α-hetero) is 1. The molecular formula is C12H11BrFNO2S. The smallest absolute Gasteiger partial charge is 0.299 e. The molecule has 0 fully saturated rings. The predicted octanol–water partition coefficient (Wildman–Crippen LogP) is 2.87. The van der Waals surface area contributed by atoms with E-state index in [0.717, 1.165) is 12.2 Å². The average molecular weight is 332 g/mol. The number of halogens is 2. The Hall–Kier alpha value is -0.880. The third-order valence-electron chi connectivity index (χ3n) is 2.74. The van der Waals surface area contributed by atoms with Gasteiger partial charge in [0.25, 0.3) is 11.7 Å². The summed E-state index contributed by atoms with van der Waals surface area (Å²) >= 11 is 4.69. The van der Waals surface area contributed by atoms with Crippen LogP contribution >= 0.6 is 27.7 Å². The normalized spacial score (nSPS) is 14.3. The molecule has 96 valence electrons. The standard InChI is InChI=1S/C12H11BrFNO2S/c1-18-4-2-3-15-10-6-9(14)8(13)5-7(10)11(16)12(15)17/h5-6H,2-4H2,1H3. The van der Waals surface area contributed by atoms with Crippen molar-refractivity contribution in [2.45, 2.75) is 6.42 Å². The van der Waals surface area contributed by atoms with Crippen molar-refractivity contribution in [1.82, 2.24) is 0 Å². The second kappa shape index (κ2) is 5.40. The average Bonchev–Trinajstić information content (AvgIpc) is 2.56. The van der Waals surface area contributed by atoms with Gasteiger partial charge in [-0.1, -0.05) is 0 Å². The Labute approximate surface area is 117 Å². The first kappa shape index (κ1) is 13.5. The highest BCUT2D eigenvalue weighted by Gasteiger charge is 2.36. The van der Waals surface area contributed by atoms with Gasteiger partial charge in [-0.25, -0.2) is 4.39 Å². The number of carbonyl (C=O) groups excluding carboxylic acids is 2. The molecule has 0 saturated carbocycles. The van der Waals surface area contributed by atoms with Gasteiger partial charge in [0, 0.05) is 6.54 Å². The van der Waals surface area contributed by atoms with Crippen LogP contribution in [-0.2, 0) is 4.79 Å². The molecule has 18 heavy (non-hydrogen) atoms. The van der Waals surface area contributed by atoms with Crippen molar-refractivity contribution in [2.24, 2.45) is 0 Å². The summed E-state index contributed by atoms with van der Waals surface area (Å²) in [6.07, 6.45) is 2.75. The molecule has 1 aliphatic rings. The summed E-state index contributed by atoms with van der Waals surface area (Å²) < 4.78 is 13.7. The van der Waals surface area contributed by atoms with Crippen molar-refractivity contribution in [2.75, 3.05) is 23.5 Å². The summed E-state index contributed by atoms with van der Waals surface area (Å²) in [5, 5.41) is 0. The van der Waals surface area contributed by atoms with Crippen LogP contribution in [0.25, 0.3) is 0 Å². The summed E-state index contributed by atoms with van der Waals surface area (Å²) in [5.41, 5.74) is 0.657.